The first kappa shape index (κ1) is 20.8. The van der Waals surface area contributed by atoms with Crippen molar-refractivity contribution in [2.75, 3.05) is 24.3 Å². The molecule has 2 bridgehead atoms. The highest BCUT2D eigenvalue weighted by Gasteiger charge is 2.63. The van der Waals surface area contributed by atoms with Crippen molar-refractivity contribution in [3.05, 3.63) is 60.9 Å². The van der Waals surface area contributed by atoms with Crippen LogP contribution in [0, 0.1) is 0 Å². The molecule has 4 nitrogen and oxygen atoms in total. The van der Waals surface area contributed by atoms with Crippen LogP contribution in [-0.4, -0.2) is 30.6 Å². The number of hydrogen-bond acceptors (Lipinski definition) is 4. The van der Waals surface area contributed by atoms with Crippen LogP contribution >= 0.6 is 63.7 Å². The Morgan fingerprint density at radius 3 is 2.61 bits per heavy atom. The van der Waals surface area contributed by atoms with E-state index in [1.54, 1.807) is 0 Å². The summed E-state index contributed by atoms with van der Waals surface area (Å²) >= 11 is 14.5. The molecule has 1 N–H and O–H groups in total. The molecule has 8 heteroatoms. The zero-order valence-corrected chi connectivity index (χ0v) is 21.2. The largest absolute Gasteiger partial charge is 0.468 e. The van der Waals surface area contributed by atoms with Crippen LogP contribution in [0.25, 0.3) is 0 Å². The molecular weight excluding hydrogens is 622 g/mol. The third kappa shape index (κ3) is 3.02. The van der Waals surface area contributed by atoms with E-state index in [0.717, 1.165) is 30.2 Å². The van der Waals surface area contributed by atoms with Crippen molar-refractivity contribution in [3.8, 4) is 0 Å². The molecule has 0 saturated carbocycles. The topological polar surface area (TPSA) is 47.6 Å². The molecule has 2 aliphatic heterocycles. The van der Waals surface area contributed by atoms with E-state index in [0.29, 0.717) is 18.3 Å². The third-order valence-electron chi connectivity index (χ3n) is 5.56. The van der Waals surface area contributed by atoms with Gasteiger partial charge in [-0.25, -0.2) is 0 Å². The Morgan fingerprint density at radius 1 is 1.25 bits per heavy atom. The second kappa shape index (κ2) is 7.69. The third-order valence-corrected chi connectivity index (χ3v) is 9.89. The number of hydrogen-bond donors (Lipinski definition) is 1. The lowest BCUT2D eigenvalue weighted by atomic mass is 9.69. The number of carbonyl (C=O) groups is 1. The summed E-state index contributed by atoms with van der Waals surface area (Å²) in [6.45, 7) is 0.569. The number of carbonyl (C=O) groups excluding carboxylic acids is 1. The molecule has 0 amide bonds. The molecule has 0 unspecified atom stereocenters. The minimum absolute atomic E-state index is 0.283. The Morgan fingerprint density at radius 2 is 1.96 bits per heavy atom. The summed E-state index contributed by atoms with van der Waals surface area (Å²) in [7, 11) is 1.44. The Labute approximate surface area is 197 Å². The summed E-state index contributed by atoms with van der Waals surface area (Å²) in [6, 6.07) is 11.8. The molecule has 4 rings (SSSR count). The number of rotatable bonds is 3. The minimum atomic E-state index is -0.937. The van der Waals surface area contributed by atoms with Gasteiger partial charge in [-0.1, -0.05) is 46.3 Å². The van der Waals surface area contributed by atoms with Gasteiger partial charge in [-0.2, -0.15) is 0 Å². The van der Waals surface area contributed by atoms with E-state index in [1.807, 2.05) is 36.4 Å². The number of nitrogens with one attached hydrogen (secondary N) is 1. The number of halogens is 4. The first-order chi connectivity index (χ1) is 13.4. The Bertz CT molecular complexity index is 939. The second-order valence-corrected chi connectivity index (χ2v) is 10.1. The van der Waals surface area contributed by atoms with Crippen molar-refractivity contribution in [2.24, 2.45) is 0 Å². The van der Waals surface area contributed by atoms with Gasteiger partial charge in [0.15, 0.2) is 0 Å². The molecule has 1 fully saturated rings. The fourth-order valence-corrected chi connectivity index (χ4v) is 6.40. The predicted molar refractivity (Wildman–Crippen MR) is 123 cm³/mol. The molecule has 0 aromatic heterocycles. The van der Waals surface area contributed by atoms with Crippen LogP contribution in [-0.2, 0) is 19.7 Å². The van der Waals surface area contributed by atoms with Crippen molar-refractivity contribution >= 4 is 75.4 Å². The van der Waals surface area contributed by atoms with Gasteiger partial charge >= 0.3 is 5.97 Å². The first-order valence-corrected chi connectivity index (χ1v) is 12.2. The zero-order valence-electron chi connectivity index (χ0n) is 14.9. The molecule has 0 radical (unpaired) electrons. The summed E-state index contributed by atoms with van der Waals surface area (Å²) in [6.07, 6.45) is 0.0234. The summed E-state index contributed by atoms with van der Waals surface area (Å²) in [5.41, 5.74) is 1.25. The maximum Gasteiger partial charge on any atom is 0.319 e. The number of fused-ring (bicyclic) bond motifs is 4. The summed E-state index contributed by atoms with van der Waals surface area (Å²) in [4.78, 5) is 13.3. The molecule has 28 heavy (non-hydrogen) atoms. The summed E-state index contributed by atoms with van der Waals surface area (Å²) < 4.78 is 14.7. The predicted octanol–water partition coefficient (Wildman–Crippen LogP) is 6.11. The average Bonchev–Trinajstić information content (AvgIpc) is 2.99. The maximum absolute atomic E-state index is 13.3. The Kier molecular flexibility index (Phi) is 5.72. The van der Waals surface area contributed by atoms with E-state index in [9.17, 15) is 4.79 Å². The molecule has 2 heterocycles. The van der Waals surface area contributed by atoms with E-state index in [4.69, 9.17) is 9.47 Å². The number of anilines is 1. The van der Waals surface area contributed by atoms with Crippen molar-refractivity contribution < 1.29 is 14.3 Å². The molecule has 148 valence electrons. The molecule has 2 aromatic rings. The molecular formula is C20H17Br4NO3. The van der Waals surface area contributed by atoms with Crippen molar-refractivity contribution in [1.82, 2.24) is 0 Å². The van der Waals surface area contributed by atoms with Crippen LogP contribution in [0.5, 0.6) is 0 Å². The van der Waals surface area contributed by atoms with Gasteiger partial charge in [0.05, 0.1) is 22.9 Å². The Balaban J connectivity index is 2.03. The molecule has 3 atom stereocenters. The van der Waals surface area contributed by atoms with E-state index in [-0.39, 0.29) is 5.97 Å². The van der Waals surface area contributed by atoms with Gasteiger partial charge in [0.25, 0.3) is 0 Å². The molecule has 1 saturated heterocycles. The van der Waals surface area contributed by atoms with E-state index in [2.05, 4.69) is 69.0 Å². The van der Waals surface area contributed by atoms with Gasteiger partial charge in [0, 0.05) is 32.8 Å². The van der Waals surface area contributed by atoms with Crippen LogP contribution in [0.1, 0.15) is 23.7 Å². The van der Waals surface area contributed by atoms with Gasteiger partial charge < -0.3 is 14.8 Å². The monoisotopic (exact) mass is 635 g/mol. The van der Waals surface area contributed by atoms with Crippen molar-refractivity contribution in [2.45, 2.75) is 23.5 Å². The van der Waals surface area contributed by atoms with Crippen LogP contribution in [0.2, 0.25) is 0 Å². The fourth-order valence-electron chi connectivity index (χ4n) is 4.27. The number of ether oxygens (including phenoxy) is 2. The molecule has 0 aliphatic carbocycles. The highest BCUT2D eigenvalue weighted by molar-refractivity contribution is 9.14. The normalized spacial score (nSPS) is 28.2. The van der Waals surface area contributed by atoms with Gasteiger partial charge in [0.1, 0.15) is 11.5 Å². The van der Waals surface area contributed by atoms with E-state index >= 15 is 0 Å². The van der Waals surface area contributed by atoms with Gasteiger partial charge in [-0.3, -0.25) is 4.79 Å². The lowest BCUT2D eigenvalue weighted by molar-refractivity contribution is -0.150. The summed E-state index contributed by atoms with van der Waals surface area (Å²) in [5, 5.41) is 4.13. The fraction of sp³-hybridized carbons (Fsp3) is 0.350. The lowest BCUT2D eigenvalue weighted by Crippen LogP contribution is -2.44. The van der Waals surface area contributed by atoms with Crippen LogP contribution in [0.4, 0.5) is 5.69 Å². The van der Waals surface area contributed by atoms with Crippen molar-refractivity contribution in [3.63, 3.8) is 0 Å². The quantitative estimate of drug-likeness (QED) is 0.251. The summed E-state index contributed by atoms with van der Waals surface area (Å²) in [5.74, 6) is -0.283. The molecule has 2 aliphatic rings. The van der Waals surface area contributed by atoms with Crippen LogP contribution in [0.3, 0.4) is 0 Å². The lowest BCUT2D eigenvalue weighted by Gasteiger charge is -2.34. The first-order valence-electron chi connectivity index (χ1n) is 8.67. The van der Waals surface area contributed by atoms with Crippen molar-refractivity contribution in [1.29, 1.82) is 0 Å². The minimum Gasteiger partial charge on any atom is -0.468 e. The Hall–Kier alpha value is -0.410. The second-order valence-electron chi connectivity index (χ2n) is 7.12. The van der Waals surface area contributed by atoms with E-state index in [1.165, 1.54) is 7.11 Å². The zero-order chi connectivity index (χ0) is 20.1. The maximum atomic E-state index is 13.3. The highest BCUT2D eigenvalue weighted by atomic mass is 79.9. The number of esters is 1. The standard InChI is InChI=1S/C20H17Br4NO3/c1-27-18(26)20(11-5-3-2-4-6-11)8-19(9-21)10-25-16-12(17(20)28-19)7-13(22)14(23)15(16)24/h2-7,17,25H,8-10H2,1H3/t17-,19+,20+/m1/s1. The van der Waals surface area contributed by atoms with Gasteiger partial charge in [-0.15, -0.1) is 0 Å². The van der Waals surface area contributed by atoms with Crippen LogP contribution < -0.4 is 5.32 Å². The van der Waals surface area contributed by atoms with Gasteiger partial charge in [-0.05, 0) is 59.4 Å². The number of methoxy groups -OCH3 is 1. The van der Waals surface area contributed by atoms with Gasteiger partial charge in [0.2, 0.25) is 0 Å². The molecule has 2 aromatic carbocycles. The average molecular weight is 639 g/mol. The van der Waals surface area contributed by atoms with E-state index < -0.39 is 17.1 Å². The smallest absolute Gasteiger partial charge is 0.319 e. The SMILES string of the molecule is COC(=O)[C@]1(c2ccccc2)C[C@]2(CBr)CNc3c(cc(Br)c(Br)c3Br)[C@H]1O2. The highest BCUT2D eigenvalue weighted by Crippen LogP contribution is 2.59. The molecule has 0 spiro atoms. The number of alkyl halides is 1. The number of benzene rings is 2. The van der Waals surface area contributed by atoms with Crippen LogP contribution in [0.15, 0.2) is 49.8 Å².